The molecule has 0 atom stereocenters. The molecule has 4 N–H and O–H groups in total. The zero-order chi connectivity index (χ0) is 9.42. The number of thiophene rings is 1. The van der Waals surface area contributed by atoms with Crippen LogP contribution in [0.3, 0.4) is 0 Å². The fourth-order valence-electron chi connectivity index (χ4n) is 1.04. The van der Waals surface area contributed by atoms with E-state index in [1.54, 1.807) is 6.20 Å². The van der Waals surface area contributed by atoms with Gasteiger partial charge in [0.15, 0.2) is 0 Å². The lowest BCUT2D eigenvalue weighted by Crippen LogP contribution is -2.10. The largest absolute Gasteiger partial charge is 0.397 e. The topological polar surface area (TPSA) is 94.9 Å². The summed E-state index contributed by atoms with van der Waals surface area (Å²) in [7, 11) is 0. The van der Waals surface area contributed by atoms with Gasteiger partial charge in [-0.3, -0.25) is 4.79 Å². The number of nitrogens with two attached hydrogens (primary N) is 2. The first-order valence-electron chi connectivity index (χ1n) is 3.48. The highest BCUT2D eigenvalue weighted by atomic mass is 32.1. The Balaban J connectivity index is 2.81. The fraction of sp³-hybridized carbons (Fsp3) is 0. The number of carbonyl (C=O) groups excluding carboxylic acids is 1. The summed E-state index contributed by atoms with van der Waals surface area (Å²) in [5, 5.41) is 0.682. The van der Waals surface area contributed by atoms with Crippen molar-refractivity contribution in [2.24, 2.45) is 5.73 Å². The predicted molar refractivity (Wildman–Crippen MR) is 50.3 cm³/mol. The molecule has 2 rings (SSSR count). The minimum Gasteiger partial charge on any atom is -0.397 e. The molecule has 0 bridgehead atoms. The van der Waals surface area contributed by atoms with Crippen LogP contribution in [0.15, 0.2) is 12.5 Å². The highest BCUT2D eigenvalue weighted by Crippen LogP contribution is 2.30. The van der Waals surface area contributed by atoms with Gasteiger partial charge in [-0.1, -0.05) is 0 Å². The Bertz CT molecular complexity index is 478. The summed E-state index contributed by atoms with van der Waals surface area (Å²) in [6.07, 6.45) is 2.98. The van der Waals surface area contributed by atoms with E-state index in [-0.39, 0.29) is 0 Å². The minimum atomic E-state index is -0.527. The third-order valence-corrected chi connectivity index (χ3v) is 2.78. The number of aromatic nitrogens is 2. The van der Waals surface area contributed by atoms with Gasteiger partial charge in [0.25, 0.3) is 5.91 Å². The quantitative estimate of drug-likeness (QED) is 0.685. The average molecular weight is 194 g/mol. The van der Waals surface area contributed by atoms with Crippen LogP contribution in [0, 0.1) is 0 Å². The Kier molecular flexibility index (Phi) is 1.63. The van der Waals surface area contributed by atoms with Gasteiger partial charge in [-0.25, -0.2) is 9.97 Å². The number of hydrogen-bond acceptors (Lipinski definition) is 5. The zero-order valence-corrected chi connectivity index (χ0v) is 7.34. The molecule has 13 heavy (non-hydrogen) atoms. The van der Waals surface area contributed by atoms with E-state index in [9.17, 15) is 4.79 Å². The first-order chi connectivity index (χ1) is 6.20. The van der Waals surface area contributed by atoms with Gasteiger partial charge in [0.05, 0.1) is 11.1 Å². The summed E-state index contributed by atoms with van der Waals surface area (Å²) in [4.78, 5) is 19.7. The van der Waals surface area contributed by atoms with E-state index >= 15 is 0 Å². The second-order valence-electron chi connectivity index (χ2n) is 2.45. The summed E-state index contributed by atoms with van der Waals surface area (Å²) in [6.45, 7) is 0. The molecule has 0 aliphatic rings. The van der Waals surface area contributed by atoms with Crippen LogP contribution in [0.2, 0.25) is 0 Å². The molecule has 66 valence electrons. The Labute approximate surface area is 77.4 Å². The van der Waals surface area contributed by atoms with Crippen molar-refractivity contribution >= 4 is 33.1 Å². The molecule has 0 radical (unpaired) electrons. The number of anilines is 1. The second kappa shape index (κ2) is 2.67. The smallest absolute Gasteiger partial charge is 0.260 e. The van der Waals surface area contributed by atoms with Crippen LogP contribution < -0.4 is 11.5 Å². The van der Waals surface area contributed by atoms with Gasteiger partial charge >= 0.3 is 0 Å². The number of hydrogen-bond donors (Lipinski definition) is 2. The summed E-state index contributed by atoms with van der Waals surface area (Å²) in [6, 6.07) is 0. The van der Waals surface area contributed by atoms with Crippen LogP contribution in [0.4, 0.5) is 5.69 Å². The lowest BCUT2D eigenvalue weighted by Gasteiger charge is -1.90. The van der Waals surface area contributed by atoms with Gasteiger partial charge < -0.3 is 11.5 Å². The normalized spacial score (nSPS) is 10.5. The van der Waals surface area contributed by atoms with Crippen molar-refractivity contribution in [3.63, 3.8) is 0 Å². The van der Waals surface area contributed by atoms with Crippen molar-refractivity contribution in [3.8, 4) is 0 Å². The number of nitrogens with zero attached hydrogens (tertiary/aromatic N) is 2. The van der Waals surface area contributed by atoms with Crippen molar-refractivity contribution in [1.82, 2.24) is 9.97 Å². The summed E-state index contributed by atoms with van der Waals surface area (Å²) in [5.41, 5.74) is 11.2. The van der Waals surface area contributed by atoms with E-state index in [4.69, 9.17) is 11.5 Å². The van der Waals surface area contributed by atoms with E-state index < -0.39 is 5.91 Å². The SMILES string of the molecule is NC(=O)c1sc2ncncc2c1N. The van der Waals surface area contributed by atoms with Crippen molar-refractivity contribution < 1.29 is 4.79 Å². The lowest BCUT2D eigenvalue weighted by atomic mass is 10.3. The van der Waals surface area contributed by atoms with Gasteiger partial charge in [-0.2, -0.15) is 0 Å². The van der Waals surface area contributed by atoms with Crippen molar-refractivity contribution in [2.45, 2.75) is 0 Å². The molecule has 0 aromatic carbocycles. The van der Waals surface area contributed by atoms with Crippen LogP contribution >= 0.6 is 11.3 Å². The van der Waals surface area contributed by atoms with Crippen LogP contribution in [0.5, 0.6) is 0 Å². The molecule has 0 fully saturated rings. The predicted octanol–water partition coefficient (Wildman–Crippen LogP) is 0.372. The number of primary amides is 1. The molecule has 0 aliphatic carbocycles. The number of amides is 1. The second-order valence-corrected chi connectivity index (χ2v) is 3.45. The van der Waals surface area contributed by atoms with Crippen molar-refractivity contribution in [1.29, 1.82) is 0 Å². The fourth-order valence-corrected chi connectivity index (χ4v) is 1.93. The van der Waals surface area contributed by atoms with Crippen molar-refractivity contribution in [3.05, 3.63) is 17.4 Å². The maximum atomic E-state index is 10.9. The van der Waals surface area contributed by atoms with E-state index in [1.165, 1.54) is 17.7 Å². The van der Waals surface area contributed by atoms with Crippen LogP contribution in [-0.4, -0.2) is 15.9 Å². The summed E-state index contributed by atoms with van der Waals surface area (Å²) in [5.74, 6) is -0.527. The number of rotatable bonds is 1. The van der Waals surface area contributed by atoms with Gasteiger partial charge in [0.1, 0.15) is 16.0 Å². The number of fused-ring (bicyclic) bond motifs is 1. The molecular formula is C7H6N4OS. The molecule has 2 heterocycles. The minimum absolute atomic E-state index is 0.343. The Hall–Kier alpha value is -1.69. The van der Waals surface area contributed by atoms with Crippen LogP contribution in [0.25, 0.3) is 10.2 Å². The van der Waals surface area contributed by atoms with Gasteiger partial charge in [-0.05, 0) is 0 Å². The van der Waals surface area contributed by atoms with E-state index in [0.717, 1.165) is 0 Å². The van der Waals surface area contributed by atoms with E-state index in [0.29, 0.717) is 20.8 Å². The molecule has 6 heteroatoms. The third-order valence-electron chi connectivity index (χ3n) is 1.63. The zero-order valence-electron chi connectivity index (χ0n) is 6.52. The average Bonchev–Trinajstić information content (AvgIpc) is 2.45. The molecule has 0 saturated heterocycles. The molecule has 1 amide bonds. The number of nitrogen functional groups attached to an aromatic ring is 1. The Morgan fingerprint density at radius 1 is 1.54 bits per heavy atom. The first kappa shape index (κ1) is 7.93. The maximum absolute atomic E-state index is 10.9. The van der Waals surface area contributed by atoms with Crippen LogP contribution in [-0.2, 0) is 0 Å². The standard InChI is InChI=1S/C7H6N4OS/c8-4-3-1-10-2-11-7(3)13-5(4)6(9)12/h1-2H,8H2,(H2,9,12). The molecular weight excluding hydrogens is 188 g/mol. The maximum Gasteiger partial charge on any atom is 0.260 e. The molecule has 0 spiro atoms. The molecule has 5 nitrogen and oxygen atoms in total. The van der Waals surface area contributed by atoms with Gasteiger partial charge in [0.2, 0.25) is 0 Å². The third kappa shape index (κ3) is 1.11. The summed E-state index contributed by atoms with van der Waals surface area (Å²) < 4.78 is 0. The highest BCUT2D eigenvalue weighted by molar-refractivity contribution is 7.21. The van der Waals surface area contributed by atoms with Crippen molar-refractivity contribution in [2.75, 3.05) is 5.73 Å². The molecule has 0 aliphatic heterocycles. The van der Waals surface area contributed by atoms with Gasteiger partial charge in [-0.15, -0.1) is 11.3 Å². The molecule has 2 aromatic rings. The summed E-state index contributed by atoms with van der Waals surface area (Å²) >= 11 is 1.18. The first-order valence-corrected chi connectivity index (χ1v) is 4.29. The Morgan fingerprint density at radius 3 is 2.92 bits per heavy atom. The van der Waals surface area contributed by atoms with Gasteiger partial charge in [0, 0.05) is 6.20 Å². The molecule has 0 unspecified atom stereocenters. The van der Waals surface area contributed by atoms with Crippen LogP contribution in [0.1, 0.15) is 9.67 Å². The monoisotopic (exact) mass is 194 g/mol. The molecule has 2 aromatic heterocycles. The highest BCUT2D eigenvalue weighted by Gasteiger charge is 2.13. The van der Waals surface area contributed by atoms with E-state index in [1.807, 2.05) is 0 Å². The Morgan fingerprint density at radius 2 is 2.31 bits per heavy atom. The lowest BCUT2D eigenvalue weighted by molar-refractivity contribution is 0.100. The number of carbonyl (C=O) groups is 1. The molecule has 0 saturated carbocycles. The van der Waals surface area contributed by atoms with E-state index in [2.05, 4.69) is 9.97 Å².